The maximum atomic E-state index is 12.2. The van der Waals surface area contributed by atoms with E-state index in [-0.39, 0.29) is 28.8 Å². The van der Waals surface area contributed by atoms with Crippen LogP contribution in [-0.4, -0.2) is 44.1 Å². The standard InChI is InChI=1S/C17H18O7S/c1-11-3-5-13(6-4-11)25(21,22)8-7-24-12-9-14(17(19)20)16(18)15(10-12)23-2/h3-6,9-10,18H,7-8H2,1-2H3,(H,19,20). The summed E-state index contributed by atoms with van der Waals surface area (Å²) in [6.45, 7) is 1.68. The molecule has 2 aromatic carbocycles. The van der Waals surface area contributed by atoms with E-state index in [1.165, 1.54) is 25.3 Å². The molecule has 2 rings (SSSR count). The van der Waals surface area contributed by atoms with Crippen LogP contribution >= 0.6 is 0 Å². The quantitative estimate of drug-likeness (QED) is 0.773. The lowest BCUT2D eigenvalue weighted by atomic mass is 10.1. The van der Waals surface area contributed by atoms with Crippen molar-refractivity contribution in [1.82, 2.24) is 0 Å². The molecule has 0 heterocycles. The molecule has 0 unspecified atom stereocenters. The van der Waals surface area contributed by atoms with Gasteiger partial charge >= 0.3 is 5.97 Å². The van der Waals surface area contributed by atoms with Crippen molar-refractivity contribution in [3.8, 4) is 17.2 Å². The molecule has 2 aromatic rings. The first kappa shape index (κ1) is 18.6. The second-order valence-corrected chi connectivity index (χ2v) is 7.42. The van der Waals surface area contributed by atoms with Gasteiger partial charge in [-0.3, -0.25) is 0 Å². The van der Waals surface area contributed by atoms with Gasteiger partial charge in [0.15, 0.2) is 21.3 Å². The predicted octanol–water partition coefficient (Wildman–Crippen LogP) is 2.26. The van der Waals surface area contributed by atoms with Gasteiger partial charge in [0.1, 0.15) is 17.9 Å². The van der Waals surface area contributed by atoms with Gasteiger partial charge < -0.3 is 19.7 Å². The second-order valence-electron chi connectivity index (χ2n) is 5.31. The maximum absolute atomic E-state index is 12.2. The fraction of sp³-hybridized carbons (Fsp3) is 0.235. The average molecular weight is 366 g/mol. The first-order valence-electron chi connectivity index (χ1n) is 7.31. The van der Waals surface area contributed by atoms with Crippen molar-refractivity contribution in [2.24, 2.45) is 0 Å². The lowest BCUT2D eigenvalue weighted by molar-refractivity contribution is 0.0692. The second kappa shape index (κ2) is 7.43. The van der Waals surface area contributed by atoms with Crippen molar-refractivity contribution < 1.29 is 32.9 Å². The maximum Gasteiger partial charge on any atom is 0.339 e. The topological polar surface area (TPSA) is 110 Å². The summed E-state index contributed by atoms with van der Waals surface area (Å²) in [5.74, 6) is -2.13. The Morgan fingerprint density at radius 1 is 1.16 bits per heavy atom. The lowest BCUT2D eigenvalue weighted by Gasteiger charge is -2.11. The zero-order valence-electron chi connectivity index (χ0n) is 13.7. The van der Waals surface area contributed by atoms with Crippen molar-refractivity contribution in [3.05, 3.63) is 47.5 Å². The zero-order chi connectivity index (χ0) is 18.6. The number of carboxylic acids is 1. The summed E-state index contributed by atoms with van der Waals surface area (Å²) >= 11 is 0. The highest BCUT2D eigenvalue weighted by atomic mass is 32.2. The van der Waals surface area contributed by atoms with Crippen LogP contribution in [0.25, 0.3) is 0 Å². The molecular formula is C17H18O7S. The Balaban J connectivity index is 2.12. The highest BCUT2D eigenvalue weighted by Gasteiger charge is 2.18. The monoisotopic (exact) mass is 366 g/mol. The Morgan fingerprint density at radius 2 is 1.80 bits per heavy atom. The van der Waals surface area contributed by atoms with Crippen LogP contribution in [0.5, 0.6) is 17.2 Å². The summed E-state index contributed by atoms with van der Waals surface area (Å²) in [6.07, 6.45) is 0. The number of hydrogen-bond acceptors (Lipinski definition) is 6. The first-order valence-corrected chi connectivity index (χ1v) is 8.96. The van der Waals surface area contributed by atoms with E-state index < -0.39 is 27.1 Å². The summed E-state index contributed by atoms with van der Waals surface area (Å²) in [6, 6.07) is 8.86. The van der Waals surface area contributed by atoms with Crippen LogP contribution in [0, 0.1) is 6.92 Å². The fourth-order valence-electron chi connectivity index (χ4n) is 2.12. The number of carboxylic acid groups (broad SMARTS) is 1. The zero-order valence-corrected chi connectivity index (χ0v) is 14.5. The minimum absolute atomic E-state index is 0.0729. The molecule has 0 aliphatic rings. The van der Waals surface area contributed by atoms with Gasteiger partial charge in [-0.05, 0) is 25.1 Å². The van der Waals surface area contributed by atoms with Crippen molar-refractivity contribution in [3.63, 3.8) is 0 Å². The number of phenols is 1. The lowest BCUT2D eigenvalue weighted by Crippen LogP contribution is -2.14. The molecule has 25 heavy (non-hydrogen) atoms. The number of benzene rings is 2. The van der Waals surface area contributed by atoms with E-state index in [1.807, 2.05) is 6.92 Å². The number of aromatic carboxylic acids is 1. The molecule has 0 aliphatic carbocycles. The van der Waals surface area contributed by atoms with Crippen LogP contribution in [0.15, 0.2) is 41.3 Å². The predicted molar refractivity (Wildman–Crippen MR) is 90.3 cm³/mol. The van der Waals surface area contributed by atoms with Crippen molar-refractivity contribution in [2.75, 3.05) is 19.5 Å². The molecule has 7 nitrogen and oxygen atoms in total. The molecule has 0 aromatic heterocycles. The van der Waals surface area contributed by atoms with Gasteiger partial charge in [0.05, 0.1) is 17.8 Å². The van der Waals surface area contributed by atoms with E-state index in [1.54, 1.807) is 12.1 Å². The number of sulfone groups is 1. The van der Waals surface area contributed by atoms with Crippen molar-refractivity contribution >= 4 is 15.8 Å². The van der Waals surface area contributed by atoms with E-state index >= 15 is 0 Å². The van der Waals surface area contributed by atoms with Crippen LogP contribution < -0.4 is 9.47 Å². The van der Waals surface area contributed by atoms with Gasteiger partial charge in [0, 0.05) is 6.07 Å². The first-order chi connectivity index (χ1) is 11.7. The third kappa shape index (κ3) is 4.42. The summed E-state index contributed by atoms with van der Waals surface area (Å²) in [7, 11) is -2.25. The molecular weight excluding hydrogens is 348 g/mol. The van der Waals surface area contributed by atoms with E-state index in [2.05, 4.69) is 0 Å². The minimum Gasteiger partial charge on any atom is -0.504 e. The van der Waals surface area contributed by atoms with E-state index in [4.69, 9.17) is 14.6 Å². The Hall–Kier alpha value is -2.74. The van der Waals surface area contributed by atoms with E-state index in [9.17, 15) is 18.3 Å². The van der Waals surface area contributed by atoms with Gasteiger partial charge in [-0.25, -0.2) is 13.2 Å². The summed E-state index contributed by atoms with van der Waals surface area (Å²) in [4.78, 5) is 11.3. The third-order valence-electron chi connectivity index (χ3n) is 3.50. The van der Waals surface area contributed by atoms with Crippen LogP contribution in [-0.2, 0) is 9.84 Å². The van der Waals surface area contributed by atoms with Gasteiger partial charge in [-0.15, -0.1) is 0 Å². The van der Waals surface area contributed by atoms with Gasteiger partial charge in [-0.2, -0.15) is 0 Å². The van der Waals surface area contributed by atoms with Crippen LogP contribution in [0.3, 0.4) is 0 Å². The number of aryl methyl sites for hydroxylation is 1. The highest BCUT2D eigenvalue weighted by molar-refractivity contribution is 7.91. The minimum atomic E-state index is -3.52. The number of aromatic hydroxyl groups is 1. The molecule has 0 spiro atoms. The molecule has 8 heteroatoms. The number of rotatable bonds is 7. The highest BCUT2D eigenvalue weighted by Crippen LogP contribution is 2.34. The third-order valence-corrected chi connectivity index (χ3v) is 5.19. The number of hydrogen-bond donors (Lipinski definition) is 2. The van der Waals surface area contributed by atoms with Crippen LogP contribution in [0.1, 0.15) is 15.9 Å². The smallest absolute Gasteiger partial charge is 0.339 e. The van der Waals surface area contributed by atoms with Gasteiger partial charge in [0.25, 0.3) is 0 Å². The molecule has 0 amide bonds. The fourth-order valence-corrected chi connectivity index (χ4v) is 3.21. The normalized spacial score (nSPS) is 11.1. The molecule has 2 N–H and O–H groups in total. The molecule has 0 saturated carbocycles. The van der Waals surface area contributed by atoms with Gasteiger partial charge in [0.2, 0.25) is 0 Å². The van der Waals surface area contributed by atoms with E-state index in [0.29, 0.717) is 0 Å². The van der Waals surface area contributed by atoms with Gasteiger partial charge in [-0.1, -0.05) is 17.7 Å². The molecule has 0 aliphatic heterocycles. The Labute approximate surface area is 145 Å². The Morgan fingerprint density at radius 3 is 2.36 bits per heavy atom. The summed E-state index contributed by atoms with van der Waals surface area (Å²) in [5, 5.41) is 18.8. The molecule has 0 bridgehead atoms. The SMILES string of the molecule is COc1cc(OCCS(=O)(=O)c2ccc(C)cc2)cc(C(=O)O)c1O. The number of methoxy groups -OCH3 is 1. The summed E-state index contributed by atoms with van der Waals surface area (Å²) in [5.41, 5.74) is 0.559. The molecule has 0 atom stereocenters. The molecule has 0 fully saturated rings. The van der Waals surface area contributed by atoms with Crippen molar-refractivity contribution in [2.45, 2.75) is 11.8 Å². The molecule has 134 valence electrons. The van der Waals surface area contributed by atoms with Crippen LogP contribution in [0.4, 0.5) is 0 Å². The Bertz CT molecular complexity index is 871. The number of carbonyl (C=O) groups is 1. The molecule has 0 saturated heterocycles. The van der Waals surface area contributed by atoms with Crippen molar-refractivity contribution in [1.29, 1.82) is 0 Å². The largest absolute Gasteiger partial charge is 0.504 e. The molecule has 0 radical (unpaired) electrons. The Kier molecular flexibility index (Phi) is 5.53. The van der Waals surface area contributed by atoms with E-state index in [0.717, 1.165) is 11.6 Å². The summed E-state index contributed by atoms with van der Waals surface area (Å²) < 4.78 is 34.7. The van der Waals surface area contributed by atoms with Crippen LogP contribution in [0.2, 0.25) is 0 Å². The number of ether oxygens (including phenoxy) is 2. The average Bonchev–Trinajstić information content (AvgIpc) is 2.56.